The lowest BCUT2D eigenvalue weighted by atomic mass is 10.0. The highest BCUT2D eigenvalue weighted by atomic mass is 15.2. The Morgan fingerprint density at radius 2 is 0.421 bits per heavy atom. The van der Waals surface area contributed by atoms with Crippen LogP contribution < -0.4 is 19.6 Å². The Morgan fingerprint density at radius 3 is 0.737 bits per heavy atom. The molecule has 13 aromatic rings. The predicted octanol–water partition coefficient (Wildman–Crippen LogP) is 19.9. The van der Waals surface area contributed by atoms with Crippen molar-refractivity contribution in [1.82, 2.24) is 0 Å². The second-order valence-electron chi connectivity index (χ2n) is 19.4. The SMILES string of the molecule is c1ccc(CN(c2ccc(N(c3ccc(N(c4ccc(N(Cc5ccccc5)c5cccc6ccccc56)cc4)c4cccc5ccccc45)cc3)c3cccc4ccccc34)cc2)c2cccc3ccccc23)cc1. The van der Waals surface area contributed by atoms with Crippen molar-refractivity contribution in [3.8, 4) is 0 Å². The highest BCUT2D eigenvalue weighted by Gasteiger charge is 2.22. The zero-order chi connectivity index (χ0) is 50.6. The molecular formula is C72H54N4. The third-order valence-corrected chi connectivity index (χ3v) is 14.7. The van der Waals surface area contributed by atoms with Gasteiger partial charge in [-0.1, -0.05) is 206 Å². The molecule has 13 rings (SSSR count). The summed E-state index contributed by atoms with van der Waals surface area (Å²) in [5.74, 6) is 0. The van der Waals surface area contributed by atoms with Gasteiger partial charge < -0.3 is 19.6 Å². The van der Waals surface area contributed by atoms with E-state index in [1.54, 1.807) is 0 Å². The summed E-state index contributed by atoms with van der Waals surface area (Å²) in [6.07, 6.45) is 0. The summed E-state index contributed by atoms with van der Waals surface area (Å²) in [5.41, 5.74) is 13.6. The molecule has 0 spiro atoms. The van der Waals surface area contributed by atoms with E-state index in [0.717, 1.165) is 58.6 Å². The van der Waals surface area contributed by atoms with E-state index in [2.05, 4.69) is 323 Å². The lowest BCUT2D eigenvalue weighted by Gasteiger charge is -2.31. The molecule has 0 fully saturated rings. The smallest absolute Gasteiger partial charge is 0.0540 e. The van der Waals surface area contributed by atoms with Crippen LogP contribution in [0, 0.1) is 0 Å². The minimum atomic E-state index is 0.731. The molecule has 0 aliphatic carbocycles. The van der Waals surface area contributed by atoms with E-state index in [1.165, 1.54) is 65.6 Å². The first kappa shape index (κ1) is 45.9. The second-order valence-corrected chi connectivity index (χ2v) is 19.4. The molecular weight excluding hydrogens is 921 g/mol. The standard InChI is InChI=1S/C72H54N4/c1-3-19-53(20-4-1)51-73(69-35-15-27-55-23-7-11-31-65(55)69)59-39-43-61(44-40-59)75(71-37-17-29-57-25-9-13-33-67(57)71)63-47-49-64(50-48-63)76(72-38-18-30-58-26-10-14-34-68(58)72)62-45-41-60(42-46-62)74(52-54-21-5-2-6-22-54)70-36-16-28-56-24-8-12-32-66(56)70/h1-50H,51-52H2. The highest BCUT2D eigenvalue weighted by molar-refractivity contribution is 6.02. The van der Waals surface area contributed by atoms with Crippen LogP contribution in [0.25, 0.3) is 43.1 Å². The van der Waals surface area contributed by atoms with E-state index in [9.17, 15) is 0 Å². The van der Waals surface area contributed by atoms with Gasteiger partial charge in [0.05, 0.1) is 11.4 Å². The van der Waals surface area contributed by atoms with E-state index in [1.807, 2.05) is 0 Å². The molecule has 76 heavy (non-hydrogen) atoms. The van der Waals surface area contributed by atoms with Crippen molar-refractivity contribution in [2.24, 2.45) is 0 Å². The van der Waals surface area contributed by atoms with Crippen molar-refractivity contribution >= 4 is 100.0 Å². The Balaban J connectivity index is 0.909. The molecule has 0 unspecified atom stereocenters. The first-order valence-electron chi connectivity index (χ1n) is 26.1. The molecule has 0 saturated carbocycles. The van der Waals surface area contributed by atoms with Gasteiger partial charge in [0.2, 0.25) is 0 Å². The molecule has 0 aliphatic heterocycles. The molecule has 0 saturated heterocycles. The van der Waals surface area contributed by atoms with Crippen molar-refractivity contribution in [2.75, 3.05) is 19.6 Å². The van der Waals surface area contributed by atoms with Gasteiger partial charge >= 0.3 is 0 Å². The Labute approximate surface area is 444 Å². The molecule has 4 heteroatoms. The number of rotatable bonds is 14. The molecule has 13 aromatic carbocycles. The summed E-state index contributed by atoms with van der Waals surface area (Å²) < 4.78 is 0. The van der Waals surface area contributed by atoms with Crippen LogP contribution in [0.4, 0.5) is 56.9 Å². The molecule has 0 N–H and O–H groups in total. The minimum Gasteiger partial charge on any atom is -0.336 e. The van der Waals surface area contributed by atoms with Gasteiger partial charge in [-0.3, -0.25) is 0 Å². The molecule has 0 atom stereocenters. The average Bonchev–Trinajstić information content (AvgIpc) is 3.50. The highest BCUT2D eigenvalue weighted by Crippen LogP contribution is 2.45. The molecule has 0 amide bonds. The summed E-state index contributed by atoms with van der Waals surface area (Å²) >= 11 is 0. The lowest BCUT2D eigenvalue weighted by molar-refractivity contribution is 0.980. The van der Waals surface area contributed by atoms with Crippen LogP contribution >= 0.6 is 0 Å². The third kappa shape index (κ3) is 9.03. The van der Waals surface area contributed by atoms with E-state index in [0.29, 0.717) is 0 Å². The van der Waals surface area contributed by atoms with Gasteiger partial charge in [0.15, 0.2) is 0 Å². The van der Waals surface area contributed by atoms with Crippen LogP contribution in [0.5, 0.6) is 0 Å². The zero-order valence-electron chi connectivity index (χ0n) is 42.1. The van der Waals surface area contributed by atoms with Gasteiger partial charge in [-0.05, 0) is 130 Å². The summed E-state index contributed by atoms with van der Waals surface area (Å²) in [5, 5.41) is 9.64. The largest absolute Gasteiger partial charge is 0.336 e. The number of hydrogen-bond acceptors (Lipinski definition) is 4. The number of fused-ring (bicyclic) bond motifs is 4. The normalized spacial score (nSPS) is 11.3. The van der Waals surface area contributed by atoms with Gasteiger partial charge in [-0.2, -0.15) is 0 Å². The molecule has 0 radical (unpaired) electrons. The quantitative estimate of drug-likeness (QED) is 0.108. The fourth-order valence-corrected chi connectivity index (χ4v) is 11.0. The van der Waals surface area contributed by atoms with Crippen LogP contribution in [0.3, 0.4) is 0 Å². The maximum atomic E-state index is 2.44. The summed E-state index contributed by atoms with van der Waals surface area (Å²) in [4.78, 5) is 9.69. The van der Waals surface area contributed by atoms with E-state index < -0.39 is 0 Å². The van der Waals surface area contributed by atoms with Crippen molar-refractivity contribution in [3.63, 3.8) is 0 Å². The summed E-state index contributed by atoms with van der Waals surface area (Å²) in [7, 11) is 0. The van der Waals surface area contributed by atoms with E-state index >= 15 is 0 Å². The summed E-state index contributed by atoms with van der Waals surface area (Å²) in [6.45, 7) is 1.46. The maximum absolute atomic E-state index is 2.44. The number of hydrogen-bond donors (Lipinski definition) is 0. The molecule has 0 heterocycles. The van der Waals surface area contributed by atoms with Crippen LogP contribution in [0.1, 0.15) is 11.1 Å². The van der Waals surface area contributed by atoms with Gasteiger partial charge in [-0.25, -0.2) is 0 Å². The first-order chi connectivity index (χ1) is 37.7. The van der Waals surface area contributed by atoms with Crippen LogP contribution in [0.15, 0.2) is 303 Å². The van der Waals surface area contributed by atoms with Crippen LogP contribution in [0.2, 0.25) is 0 Å². The fourth-order valence-electron chi connectivity index (χ4n) is 11.0. The van der Waals surface area contributed by atoms with Crippen molar-refractivity contribution in [3.05, 3.63) is 314 Å². The Hall–Kier alpha value is -9.90. The first-order valence-corrected chi connectivity index (χ1v) is 26.1. The summed E-state index contributed by atoms with van der Waals surface area (Å²) in [6, 6.07) is 110. The number of benzene rings is 13. The van der Waals surface area contributed by atoms with Crippen LogP contribution in [-0.4, -0.2) is 0 Å². The van der Waals surface area contributed by atoms with Gasteiger partial charge in [0, 0.05) is 80.1 Å². The molecule has 4 nitrogen and oxygen atoms in total. The lowest BCUT2D eigenvalue weighted by Crippen LogP contribution is -2.17. The fraction of sp³-hybridized carbons (Fsp3) is 0.0278. The Kier molecular flexibility index (Phi) is 12.4. The van der Waals surface area contributed by atoms with E-state index in [4.69, 9.17) is 0 Å². The topological polar surface area (TPSA) is 13.0 Å². The van der Waals surface area contributed by atoms with Gasteiger partial charge in [0.25, 0.3) is 0 Å². The van der Waals surface area contributed by atoms with Crippen LogP contribution in [-0.2, 0) is 13.1 Å². The van der Waals surface area contributed by atoms with Crippen molar-refractivity contribution < 1.29 is 0 Å². The minimum absolute atomic E-state index is 0.731. The second kappa shape index (κ2) is 20.5. The van der Waals surface area contributed by atoms with Gasteiger partial charge in [-0.15, -0.1) is 0 Å². The zero-order valence-corrected chi connectivity index (χ0v) is 42.1. The van der Waals surface area contributed by atoms with Crippen molar-refractivity contribution in [1.29, 1.82) is 0 Å². The Morgan fingerprint density at radius 1 is 0.184 bits per heavy atom. The van der Waals surface area contributed by atoms with Crippen molar-refractivity contribution in [2.45, 2.75) is 13.1 Å². The molecule has 362 valence electrons. The average molecular weight is 975 g/mol. The third-order valence-electron chi connectivity index (χ3n) is 14.7. The molecule has 0 bridgehead atoms. The maximum Gasteiger partial charge on any atom is 0.0540 e. The molecule has 0 aliphatic rings. The molecule has 0 aromatic heterocycles. The Bertz CT molecular complexity index is 3830. The van der Waals surface area contributed by atoms with E-state index in [-0.39, 0.29) is 0 Å². The van der Waals surface area contributed by atoms with Gasteiger partial charge in [0.1, 0.15) is 0 Å². The predicted molar refractivity (Wildman–Crippen MR) is 323 cm³/mol. The monoisotopic (exact) mass is 974 g/mol. The number of nitrogens with zero attached hydrogens (tertiary/aromatic N) is 4. The number of anilines is 10.